The fraction of sp³-hybridized carbons (Fsp3) is 0.143. The van der Waals surface area contributed by atoms with Gasteiger partial charge >= 0.3 is 12.1 Å². The zero-order valence-electron chi connectivity index (χ0n) is 12.2. The number of hydrogen-bond donors (Lipinski definition) is 1. The molecule has 0 saturated heterocycles. The number of amides is 1. The second-order valence-corrected chi connectivity index (χ2v) is 4.59. The average molecular weight is 358 g/mol. The van der Waals surface area contributed by atoms with Crippen molar-refractivity contribution in [3.05, 3.63) is 58.0 Å². The topological polar surface area (TPSA) is 112 Å². The van der Waals surface area contributed by atoms with Gasteiger partial charge in [-0.05, 0) is 24.3 Å². The van der Waals surface area contributed by atoms with Crippen LogP contribution in [-0.2, 0) is 15.7 Å². The molecule has 0 bridgehead atoms. The van der Waals surface area contributed by atoms with Crippen LogP contribution in [0.1, 0.15) is 16.1 Å². The van der Waals surface area contributed by atoms with Crippen LogP contribution in [0.2, 0.25) is 0 Å². The van der Waals surface area contributed by atoms with E-state index in [1.165, 1.54) is 18.4 Å². The first-order valence-corrected chi connectivity index (χ1v) is 6.54. The standard InChI is InChI=1S/C14H9F3N2O6/c15-14(16,17)8-3-4-9(10(6-8)19(22)23)18-12(20)7-25-13(21)11-2-1-5-24-11/h1-6H,7H2,(H,18,20). The second kappa shape index (κ2) is 7.03. The molecular formula is C14H9F3N2O6. The van der Waals surface area contributed by atoms with Gasteiger partial charge in [-0.1, -0.05) is 0 Å². The summed E-state index contributed by atoms with van der Waals surface area (Å²) in [4.78, 5) is 33.0. The van der Waals surface area contributed by atoms with Crippen molar-refractivity contribution in [1.29, 1.82) is 0 Å². The van der Waals surface area contributed by atoms with Gasteiger partial charge in [-0.25, -0.2) is 4.79 Å². The Bertz CT molecular complexity index is 801. The van der Waals surface area contributed by atoms with E-state index in [1.54, 1.807) is 0 Å². The van der Waals surface area contributed by atoms with Crippen LogP contribution < -0.4 is 5.32 Å². The van der Waals surface area contributed by atoms with Gasteiger partial charge in [0.05, 0.1) is 16.7 Å². The molecule has 0 radical (unpaired) electrons. The van der Waals surface area contributed by atoms with Gasteiger partial charge in [-0.15, -0.1) is 0 Å². The summed E-state index contributed by atoms with van der Waals surface area (Å²) in [6, 6.07) is 4.33. The van der Waals surface area contributed by atoms with Gasteiger partial charge in [0.25, 0.3) is 11.6 Å². The van der Waals surface area contributed by atoms with Gasteiger partial charge in [0.2, 0.25) is 5.76 Å². The van der Waals surface area contributed by atoms with Gasteiger partial charge in [0.1, 0.15) is 5.69 Å². The maximum absolute atomic E-state index is 12.6. The van der Waals surface area contributed by atoms with E-state index in [-0.39, 0.29) is 5.76 Å². The Morgan fingerprint density at radius 1 is 1.28 bits per heavy atom. The quantitative estimate of drug-likeness (QED) is 0.500. The van der Waals surface area contributed by atoms with Crippen LogP contribution in [0.25, 0.3) is 0 Å². The highest BCUT2D eigenvalue weighted by Gasteiger charge is 2.33. The van der Waals surface area contributed by atoms with Crippen molar-refractivity contribution in [3.8, 4) is 0 Å². The van der Waals surface area contributed by atoms with E-state index in [9.17, 15) is 32.9 Å². The lowest BCUT2D eigenvalue weighted by atomic mass is 10.1. The lowest BCUT2D eigenvalue weighted by Gasteiger charge is -2.10. The minimum atomic E-state index is -4.77. The van der Waals surface area contributed by atoms with E-state index in [2.05, 4.69) is 4.74 Å². The Hall–Kier alpha value is -3.37. The second-order valence-electron chi connectivity index (χ2n) is 4.59. The molecule has 0 atom stereocenters. The van der Waals surface area contributed by atoms with Gasteiger partial charge in [0.15, 0.2) is 6.61 Å². The summed E-state index contributed by atoms with van der Waals surface area (Å²) in [5.41, 5.74) is -2.64. The zero-order chi connectivity index (χ0) is 18.6. The third-order valence-corrected chi connectivity index (χ3v) is 2.85. The molecule has 1 N–H and O–H groups in total. The maximum Gasteiger partial charge on any atom is 0.416 e. The summed E-state index contributed by atoms with van der Waals surface area (Å²) >= 11 is 0. The van der Waals surface area contributed by atoms with Crippen molar-refractivity contribution < 1.29 is 36.8 Å². The molecule has 0 aliphatic rings. The number of anilines is 1. The Labute approximate surface area is 137 Å². The number of carbonyl (C=O) groups excluding carboxylic acids is 2. The largest absolute Gasteiger partial charge is 0.457 e. The molecule has 0 aliphatic heterocycles. The van der Waals surface area contributed by atoms with Gasteiger partial charge in [0, 0.05) is 6.07 Å². The number of alkyl halides is 3. The highest BCUT2D eigenvalue weighted by molar-refractivity contribution is 5.96. The number of benzene rings is 1. The summed E-state index contributed by atoms with van der Waals surface area (Å²) in [7, 11) is 0. The smallest absolute Gasteiger partial charge is 0.416 e. The lowest BCUT2D eigenvalue weighted by Crippen LogP contribution is -2.21. The van der Waals surface area contributed by atoms with E-state index in [0.29, 0.717) is 12.1 Å². The Balaban J connectivity index is 2.07. The Morgan fingerprint density at radius 2 is 2.00 bits per heavy atom. The van der Waals surface area contributed by atoms with E-state index >= 15 is 0 Å². The van der Waals surface area contributed by atoms with Crippen LogP contribution in [0.15, 0.2) is 41.0 Å². The molecule has 25 heavy (non-hydrogen) atoms. The molecule has 1 heterocycles. The van der Waals surface area contributed by atoms with Crippen molar-refractivity contribution in [2.24, 2.45) is 0 Å². The van der Waals surface area contributed by atoms with Crippen LogP contribution >= 0.6 is 0 Å². The zero-order valence-corrected chi connectivity index (χ0v) is 12.2. The van der Waals surface area contributed by atoms with Crippen molar-refractivity contribution in [3.63, 3.8) is 0 Å². The number of furan rings is 1. The summed E-state index contributed by atoms with van der Waals surface area (Å²) in [6.45, 7) is -0.808. The number of halogens is 3. The average Bonchev–Trinajstić information content (AvgIpc) is 3.06. The molecule has 0 spiro atoms. The fourth-order valence-corrected chi connectivity index (χ4v) is 1.75. The third-order valence-electron chi connectivity index (χ3n) is 2.85. The highest BCUT2D eigenvalue weighted by Crippen LogP contribution is 2.34. The molecule has 1 aromatic carbocycles. The third kappa shape index (κ3) is 4.56. The predicted octanol–water partition coefficient (Wildman–Crippen LogP) is 3.00. The van der Waals surface area contributed by atoms with Gasteiger partial charge in [-0.2, -0.15) is 13.2 Å². The molecule has 0 aliphatic carbocycles. The minimum absolute atomic E-state index is 0.159. The van der Waals surface area contributed by atoms with Crippen LogP contribution in [0, 0.1) is 10.1 Å². The number of nitrogens with zero attached hydrogens (tertiary/aromatic N) is 1. The fourth-order valence-electron chi connectivity index (χ4n) is 1.75. The van der Waals surface area contributed by atoms with Crippen LogP contribution in [-0.4, -0.2) is 23.4 Å². The Kier molecular flexibility index (Phi) is 5.05. The van der Waals surface area contributed by atoms with Crippen molar-refractivity contribution in [2.45, 2.75) is 6.18 Å². The molecule has 2 rings (SSSR count). The maximum atomic E-state index is 12.6. The molecule has 1 amide bonds. The number of nitro benzene ring substituents is 1. The SMILES string of the molecule is O=C(COC(=O)c1ccco1)Nc1ccc(C(F)(F)F)cc1[N+](=O)[O-]. The molecule has 0 fully saturated rings. The lowest BCUT2D eigenvalue weighted by molar-refractivity contribution is -0.384. The normalized spacial score (nSPS) is 11.0. The molecule has 11 heteroatoms. The first kappa shape index (κ1) is 18.0. The predicted molar refractivity (Wildman–Crippen MR) is 75.7 cm³/mol. The van der Waals surface area contributed by atoms with E-state index in [1.807, 2.05) is 5.32 Å². The number of rotatable bonds is 5. The number of ether oxygens (including phenoxy) is 1. The number of esters is 1. The van der Waals surface area contributed by atoms with Gasteiger partial charge in [-0.3, -0.25) is 14.9 Å². The number of nitro groups is 1. The molecule has 0 saturated carbocycles. The molecule has 0 unspecified atom stereocenters. The monoisotopic (exact) mass is 358 g/mol. The minimum Gasteiger partial charge on any atom is -0.457 e. The summed E-state index contributed by atoms with van der Waals surface area (Å²) in [6.07, 6.45) is -3.56. The summed E-state index contributed by atoms with van der Waals surface area (Å²) in [5, 5.41) is 12.9. The first-order valence-electron chi connectivity index (χ1n) is 6.54. The van der Waals surface area contributed by atoms with Crippen molar-refractivity contribution >= 4 is 23.3 Å². The molecule has 2 aromatic rings. The Morgan fingerprint density at radius 3 is 2.56 bits per heavy atom. The molecular weight excluding hydrogens is 349 g/mol. The van der Waals surface area contributed by atoms with Crippen LogP contribution in [0.4, 0.5) is 24.5 Å². The van der Waals surface area contributed by atoms with Gasteiger partial charge < -0.3 is 14.5 Å². The highest BCUT2D eigenvalue weighted by atomic mass is 19.4. The number of nitrogens with one attached hydrogen (secondary N) is 1. The van der Waals surface area contributed by atoms with Crippen molar-refractivity contribution in [2.75, 3.05) is 11.9 Å². The number of hydrogen-bond acceptors (Lipinski definition) is 6. The van der Waals surface area contributed by atoms with Crippen LogP contribution in [0.5, 0.6) is 0 Å². The number of carbonyl (C=O) groups is 2. The van der Waals surface area contributed by atoms with Crippen LogP contribution in [0.3, 0.4) is 0 Å². The molecule has 8 nitrogen and oxygen atoms in total. The summed E-state index contributed by atoms with van der Waals surface area (Å²) < 4.78 is 47.1. The van der Waals surface area contributed by atoms with E-state index in [4.69, 9.17) is 4.42 Å². The van der Waals surface area contributed by atoms with Crippen molar-refractivity contribution in [1.82, 2.24) is 0 Å². The summed E-state index contributed by atoms with van der Waals surface area (Å²) in [5.74, 6) is -2.07. The molecule has 132 valence electrons. The van der Waals surface area contributed by atoms with E-state index < -0.39 is 46.5 Å². The van der Waals surface area contributed by atoms with E-state index in [0.717, 1.165) is 6.07 Å². The molecule has 1 aromatic heterocycles. The first-order chi connectivity index (χ1) is 11.7.